The fourth-order valence-electron chi connectivity index (χ4n) is 1.25. The summed E-state index contributed by atoms with van der Waals surface area (Å²) in [6, 6.07) is 2.01. The molecule has 68 valence electrons. The lowest BCUT2D eigenvalue weighted by Gasteiger charge is -2.02. The Bertz CT molecular complexity index is 274. The molecule has 3 nitrogen and oxygen atoms in total. The molecule has 0 saturated carbocycles. The minimum absolute atomic E-state index is 0.318. The van der Waals surface area contributed by atoms with E-state index in [0.29, 0.717) is 12.2 Å². The van der Waals surface area contributed by atoms with Crippen molar-refractivity contribution >= 4 is 11.1 Å². The quantitative estimate of drug-likeness (QED) is 0.720. The fourth-order valence-corrected chi connectivity index (χ4v) is 1.61. The maximum atomic E-state index is 10.4. The van der Waals surface area contributed by atoms with Crippen LogP contribution >= 0.6 is 0 Å². The number of aryl methyl sites for hydroxylation is 2. The summed E-state index contributed by atoms with van der Waals surface area (Å²) in [4.78, 5) is 0. The van der Waals surface area contributed by atoms with Gasteiger partial charge in [-0.05, 0) is 18.6 Å². The second kappa shape index (κ2) is 3.87. The number of hydrogen-bond donors (Lipinski definition) is 1. The Labute approximate surface area is 74.7 Å². The predicted octanol–water partition coefficient (Wildman–Crippen LogP) is 1.10. The molecule has 1 aromatic rings. The third-order valence-corrected chi connectivity index (χ3v) is 2.50. The molecule has 1 atom stereocenters. The average Bonchev–Trinajstić information content (AvgIpc) is 2.28. The first-order valence-electron chi connectivity index (χ1n) is 3.79. The maximum absolute atomic E-state index is 10.4. The Morgan fingerprint density at radius 1 is 1.67 bits per heavy atom. The maximum Gasteiger partial charge on any atom is 0.153 e. The number of rotatable bonds is 3. The highest BCUT2D eigenvalue weighted by Gasteiger charge is 2.03. The molecule has 0 radical (unpaired) electrons. The molecule has 1 aromatic heterocycles. The van der Waals surface area contributed by atoms with Gasteiger partial charge in [0.05, 0.1) is 5.75 Å². The van der Waals surface area contributed by atoms with Crippen molar-refractivity contribution in [3.63, 3.8) is 0 Å². The highest BCUT2D eigenvalue weighted by molar-refractivity contribution is 7.79. The minimum atomic E-state index is -1.68. The molecule has 1 rings (SSSR count). The molecular formula is C8H13NO2S. The standard InChI is InChI=1S/C8H13NO2S/c1-7-3-5-9(2)8(7)4-6-12(10)11/h3,5H,4,6H2,1-2H3,(H,10,11). The SMILES string of the molecule is Cc1ccn(C)c1CCS(=O)O. The van der Waals surface area contributed by atoms with E-state index in [1.807, 2.05) is 30.8 Å². The monoisotopic (exact) mass is 187 g/mol. The van der Waals surface area contributed by atoms with Gasteiger partial charge in [-0.3, -0.25) is 0 Å². The molecule has 0 aromatic carbocycles. The highest BCUT2D eigenvalue weighted by atomic mass is 32.2. The summed E-state index contributed by atoms with van der Waals surface area (Å²) in [5.74, 6) is 0.318. The average molecular weight is 187 g/mol. The molecule has 0 saturated heterocycles. The number of aromatic nitrogens is 1. The van der Waals surface area contributed by atoms with Gasteiger partial charge >= 0.3 is 0 Å². The predicted molar refractivity (Wildman–Crippen MR) is 49.5 cm³/mol. The van der Waals surface area contributed by atoms with Crippen LogP contribution in [0.1, 0.15) is 11.3 Å². The Hall–Kier alpha value is -0.610. The van der Waals surface area contributed by atoms with Crippen molar-refractivity contribution in [2.24, 2.45) is 7.05 Å². The molecule has 0 fully saturated rings. The molecule has 0 bridgehead atoms. The number of hydrogen-bond acceptors (Lipinski definition) is 1. The van der Waals surface area contributed by atoms with Gasteiger partial charge in [0.2, 0.25) is 0 Å². The van der Waals surface area contributed by atoms with Crippen LogP contribution < -0.4 is 0 Å². The summed E-state index contributed by atoms with van der Waals surface area (Å²) in [5, 5.41) is 0. The van der Waals surface area contributed by atoms with Crippen molar-refractivity contribution in [3.8, 4) is 0 Å². The minimum Gasteiger partial charge on any atom is -0.354 e. The van der Waals surface area contributed by atoms with Crippen LogP contribution in [0.25, 0.3) is 0 Å². The van der Waals surface area contributed by atoms with Gasteiger partial charge in [-0.1, -0.05) is 0 Å². The number of nitrogens with zero attached hydrogens (tertiary/aromatic N) is 1. The van der Waals surface area contributed by atoms with Gasteiger partial charge < -0.3 is 9.12 Å². The van der Waals surface area contributed by atoms with E-state index in [9.17, 15) is 4.21 Å². The fraction of sp³-hybridized carbons (Fsp3) is 0.500. The summed E-state index contributed by atoms with van der Waals surface area (Å²) in [6.45, 7) is 2.01. The topological polar surface area (TPSA) is 42.2 Å². The first kappa shape index (κ1) is 9.48. The second-order valence-corrected chi connectivity index (χ2v) is 3.88. The van der Waals surface area contributed by atoms with E-state index in [4.69, 9.17) is 4.55 Å². The summed E-state index contributed by atoms with van der Waals surface area (Å²) in [5.41, 5.74) is 2.32. The van der Waals surface area contributed by atoms with Crippen molar-refractivity contribution < 1.29 is 8.76 Å². The van der Waals surface area contributed by atoms with Crippen LogP contribution in [0.15, 0.2) is 12.3 Å². The van der Waals surface area contributed by atoms with Gasteiger partial charge in [0.15, 0.2) is 11.1 Å². The van der Waals surface area contributed by atoms with Crippen LogP contribution in [0.2, 0.25) is 0 Å². The zero-order valence-electron chi connectivity index (χ0n) is 7.28. The van der Waals surface area contributed by atoms with Crippen molar-refractivity contribution in [3.05, 3.63) is 23.5 Å². The first-order chi connectivity index (χ1) is 5.61. The Kier molecular flexibility index (Phi) is 3.05. The van der Waals surface area contributed by atoms with Gasteiger partial charge in [0.1, 0.15) is 0 Å². The second-order valence-electron chi connectivity index (χ2n) is 2.83. The summed E-state index contributed by atoms with van der Waals surface area (Å²) in [7, 11) is 1.95. The Balaban J connectivity index is 2.68. The van der Waals surface area contributed by atoms with Crippen LogP contribution in [-0.2, 0) is 24.5 Å². The lowest BCUT2D eigenvalue weighted by Crippen LogP contribution is -2.04. The van der Waals surface area contributed by atoms with E-state index < -0.39 is 11.1 Å². The molecular weight excluding hydrogens is 174 g/mol. The van der Waals surface area contributed by atoms with Crippen LogP contribution in [0.4, 0.5) is 0 Å². The zero-order chi connectivity index (χ0) is 9.14. The van der Waals surface area contributed by atoms with E-state index in [1.165, 1.54) is 5.56 Å². The summed E-state index contributed by atoms with van der Waals surface area (Å²) in [6.07, 6.45) is 2.63. The molecule has 12 heavy (non-hydrogen) atoms. The largest absolute Gasteiger partial charge is 0.354 e. The van der Waals surface area contributed by atoms with Crippen molar-refractivity contribution in [2.45, 2.75) is 13.3 Å². The van der Waals surface area contributed by atoms with Gasteiger partial charge in [-0.15, -0.1) is 0 Å². The summed E-state index contributed by atoms with van der Waals surface area (Å²) < 4.78 is 21.0. The molecule has 1 unspecified atom stereocenters. The Morgan fingerprint density at radius 3 is 2.75 bits per heavy atom. The normalized spacial score (nSPS) is 13.2. The van der Waals surface area contributed by atoms with Gasteiger partial charge in [-0.25, -0.2) is 4.21 Å². The molecule has 0 spiro atoms. The lowest BCUT2D eigenvalue weighted by molar-refractivity contribution is 0.563. The lowest BCUT2D eigenvalue weighted by atomic mass is 10.2. The molecule has 0 amide bonds. The summed E-state index contributed by atoms with van der Waals surface area (Å²) >= 11 is -1.68. The van der Waals surface area contributed by atoms with Crippen molar-refractivity contribution in [2.75, 3.05) is 5.75 Å². The third kappa shape index (κ3) is 2.19. The molecule has 0 aliphatic heterocycles. The van der Waals surface area contributed by atoms with Crippen LogP contribution in [-0.4, -0.2) is 19.1 Å². The van der Waals surface area contributed by atoms with E-state index in [0.717, 1.165) is 5.69 Å². The van der Waals surface area contributed by atoms with Crippen LogP contribution in [0, 0.1) is 6.92 Å². The van der Waals surface area contributed by atoms with Crippen LogP contribution in [0.3, 0.4) is 0 Å². The van der Waals surface area contributed by atoms with Gasteiger partial charge in [0, 0.05) is 25.4 Å². The third-order valence-electron chi connectivity index (χ3n) is 1.94. The van der Waals surface area contributed by atoms with Gasteiger partial charge in [0.25, 0.3) is 0 Å². The molecule has 0 aliphatic carbocycles. The van der Waals surface area contributed by atoms with E-state index in [-0.39, 0.29) is 0 Å². The van der Waals surface area contributed by atoms with E-state index in [2.05, 4.69) is 0 Å². The molecule has 1 N–H and O–H groups in total. The molecule has 0 aliphatic rings. The van der Waals surface area contributed by atoms with Crippen LogP contribution in [0.5, 0.6) is 0 Å². The smallest absolute Gasteiger partial charge is 0.153 e. The van der Waals surface area contributed by atoms with Crippen molar-refractivity contribution in [1.82, 2.24) is 4.57 Å². The van der Waals surface area contributed by atoms with E-state index >= 15 is 0 Å². The molecule has 1 heterocycles. The first-order valence-corrected chi connectivity index (χ1v) is 5.07. The van der Waals surface area contributed by atoms with E-state index in [1.54, 1.807) is 0 Å². The highest BCUT2D eigenvalue weighted by Crippen LogP contribution is 2.08. The molecule has 4 heteroatoms. The van der Waals surface area contributed by atoms with Crippen molar-refractivity contribution in [1.29, 1.82) is 0 Å². The Morgan fingerprint density at radius 2 is 2.33 bits per heavy atom. The zero-order valence-corrected chi connectivity index (χ0v) is 8.10. The van der Waals surface area contributed by atoms with Gasteiger partial charge in [-0.2, -0.15) is 0 Å².